The van der Waals surface area contributed by atoms with Gasteiger partial charge < -0.3 is 25.6 Å². The Bertz CT molecular complexity index is 1630. The highest BCUT2D eigenvalue weighted by Crippen LogP contribution is 2.75. The van der Waals surface area contributed by atoms with E-state index < -0.39 is 17.4 Å². The van der Waals surface area contributed by atoms with Crippen LogP contribution in [0.25, 0.3) is 0 Å². The van der Waals surface area contributed by atoms with E-state index in [1.165, 1.54) is 5.57 Å². The van der Waals surface area contributed by atoms with Crippen LogP contribution in [0.15, 0.2) is 23.0 Å². The van der Waals surface area contributed by atoms with Crippen LogP contribution >= 0.6 is 0 Å². The number of hydrogen-bond acceptors (Lipinski definition) is 8. The molecule has 6 aliphatic rings. The first-order chi connectivity index (χ1) is 24.2. The number of nitrogens with zero attached hydrogens (tertiary/aromatic N) is 4. The summed E-state index contributed by atoms with van der Waals surface area (Å²) in [4.78, 5) is 23.1. The number of carbonyl (C=O) groups is 1. The van der Waals surface area contributed by atoms with Gasteiger partial charge in [0.25, 0.3) is 0 Å². The number of aliphatic carboxylic acids is 1. The molecule has 3 saturated carbocycles. The Labute approximate surface area is 312 Å². The summed E-state index contributed by atoms with van der Waals surface area (Å²) in [5, 5.41) is 19.5. The molecule has 1 aromatic rings. The molecule has 12 atom stereocenters. The number of aliphatic imine (C=N–C) groups is 1. The fraction of sp³-hybridized carbons (Fsp3) is 0.857. The van der Waals surface area contributed by atoms with Crippen LogP contribution < -0.4 is 11.1 Å². The van der Waals surface area contributed by atoms with E-state index in [-0.39, 0.29) is 50.6 Å². The van der Waals surface area contributed by atoms with Gasteiger partial charge in [-0.05, 0) is 90.8 Å². The van der Waals surface area contributed by atoms with E-state index >= 15 is 0 Å². The van der Waals surface area contributed by atoms with Crippen molar-refractivity contribution in [3.05, 3.63) is 23.8 Å². The largest absolute Gasteiger partial charge is 0.481 e. The molecule has 0 aromatic carbocycles. The first kappa shape index (κ1) is 38.0. The molecular weight excluding hydrogens is 653 g/mol. The molecule has 10 nitrogen and oxygen atoms in total. The van der Waals surface area contributed by atoms with Crippen LogP contribution in [0, 0.1) is 62.1 Å². The van der Waals surface area contributed by atoms with Gasteiger partial charge in [0.15, 0.2) is 11.7 Å². The molecule has 0 unspecified atom stereocenters. The number of carboxylic acids is 1. The Balaban J connectivity index is 1.34. The predicted octanol–water partition coefficient (Wildman–Crippen LogP) is 6.91. The van der Waals surface area contributed by atoms with Gasteiger partial charge in [-0.2, -0.15) is 5.10 Å². The average molecular weight is 721 g/mol. The number of carboxylic acid groups (broad SMARTS) is 1. The van der Waals surface area contributed by atoms with Crippen molar-refractivity contribution in [2.75, 3.05) is 32.9 Å². The summed E-state index contributed by atoms with van der Waals surface area (Å²) in [6.45, 7) is 28.1. The molecule has 52 heavy (non-hydrogen) atoms. The highest BCUT2D eigenvalue weighted by molar-refractivity contribution is 5.96. The highest BCUT2D eigenvalue weighted by Gasteiger charge is 2.72. The second-order valence-electron chi connectivity index (χ2n) is 20.7. The molecule has 0 amide bonds. The van der Waals surface area contributed by atoms with Gasteiger partial charge in [0, 0.05) is 22.9 Å². The van der Waals surface area contributed by atoms with Crippen molar-refractivity contribution in [1.29, 1.82) is 0 Å². The maximum absolute atomic E-state index is 13.6. The molecule has 0 radical (unpaired) electrons. The summed E-state index contributed by atoms with van der Waals surface area (Å²) in [6, 6.07) is -0.113. The minimum absolute atomic E-state index is 0.113. The molecule has 0 spiro atoms. The second-order valence-corrected chi connectivity index (χ2v) is 20.7. The fourth-order valence-corrected chi connectivity index (χ4v) is 12.8. The molecule has 1 aromatic heterocycles. The molecule has 7 rings (SSSR count). The van der Waals surface area contributed by atoms with Crippen molar-refractivity contribution < 1.29 is 19.4 Å². The zero-order chi connectivity index (χ0) is 37.9. The Hall–Kier alpha value is -2.30. The van der Waals surface area contributed by atoms with E-state index in [1.807, 2.05) is 0 Å². The lowest BCUT2D eigenvalue weighted by Gasteiger charge is -2.71. The molecule has 1 saturated heterocycles. The third kappa shape index (κ3) is 5.18. The van der Waals surface area contributed by atoms with E-state index in [9.17, 15) is 9.90 Å². The lowest BCUT2D eigenvalue weighted by atomic mass is 9.34. The Morgan fingerprint density at radius 1 is 1.12 bits per heavy atom. The summed E-state index contributed by atoms with van der Waals surface area (Å²) in [7, 11) is 0. The summed E-state index contributed by atoms with van der Waals surface area (Å²) in [5.41, 5.74) is 6.49. The highest BCUT2D eigenvalue weighted by atomic mass is 16.5. The van der Waals surface area contributed by atoms with Crippen LogP contribution in [0.4, 0.5) is 0 Å². The smallest absolute Gasteiger partial charge is 0.307 e. The van der Waals surface area contributed by atoms with Crippen LogP contribution in [0.1, 0.15) is 127 Å². The molecule has 2 bridgehead atoms. The van der Waals surface area contributed by atoms with Gasteiger partial charge in [0.05, 0.1) is 44.4 Å². The van der Waals surface area contributed by atoms with Crippen molar-refractivity contribution in [2.24, 2.45) is 72.8 Å². The fourth-order valence-electron chi connectivity index (χ4n) is 12.8. The average Bonchev–Trinajstić information content (AvgIpc) is 3.76. The molecule has 4 fully saturated rings. The van der Waals surface area contributed by atoms with Gasteiger partial charge in [-0.3, -0.25) is 9.79 Å². The number of aromatic nitrogens is 3. The molecular formula is C42H68N6O4. The molecule has 4 aliphatic carbocycles. The lowest BCUT2D eigenvalue weighted by Crippen LogP contribution is -2.69. The summed E-state index contributed by atoms with van der Waals surface area (Å²) >= 11 is 0. The topological polar surface area (TPSA) is 137 Å². The van der Waals surface area contributed by atoms with Gasteiger partial charge in [-0.1, -0.05) is 80.9 Å². The van der Waals surface area contributed by atoms with Crippen LogP contribution in [0.5, 0.6) is 0 Å². The molecule has 3 heterocycles. The van der Waals surface area contributed by atoms with Gasteiger partial charge in [0.2, 0.25) is 0 Å². The summed E-state index contributed by atoms with van der Waals surface area (Å²) < 4.78 is 16.1. The molecule has 2 aliphatic heterocycles. The van der Waals surface area contributed by atoms with Crippen LogP contribution in [0.3, 0.4) is 0 Å². The number of hydrogen-bond donors (Lipinski definition) is 3. The first-order valence-corrected chi connectivity index (χ1v) is 20.3. The van der Waals surface area contributed by atoms with E-state index in [4.69, 9.17) is 30.3 Å². The van der Waals surface area contributed by atoms with Gasteiger partial charge >= 0.3 is 5.97 Å². The number of rotatable bonds is 8. The van der Waals surface area contributed by atoms with E-state index in [2.05, 4.69) is 92.2 Å². The van der Waals surface area contributed by atoms with Crippen molar-refractivity contribution >= 4 is 11.8 Å². The zero-order valence-electron chi connectivity index (χ0n) is 34.0. The van der Waals surface area contributed by atoms with Crippen molar-refractivity contribution in [3.8, 4) is 0 Å². The van der Waals surface area contributed by atoms with E-state index in [1.54, 1.807) is 6.33 Å². The Morgan fingerprint density at radius 2 is 1.85 bits per heavy atom. The maximum atomic E-state index is 13.6. The minimum atomic E-state index is -0.622. The summed E-state index contributed by atoms with van der Waals surface area (Å²) in [6.07, 6.45) is 9.67. The molecule has 10 heteroatoms. The molecule has 290 valence electrons. The third-order valence-electron chi connectivity index (χ3n) is 17.1. The number of allylic oxidation sites excluding steroid dienone is 1. The number of fused-ring (bicyclic) bond motifs is 3. The number of ether oxygens (including phenoxy) is 2. The monoisotopic (exact) mass is 721 g/mol. The van der Waals surface area contributed by atoms with Gasteiger partial charge in [0.1, 0.15) is 6.33 Å². The SMILES string of the molecule is CC(C)[C@@H](C)[C@@]1(C)CC[C@]2(C)[C@H]3CC[C@@H]4[C@@]5(COC[C@@]4(C)[C@@H](OC[C@](C)(N)C(C)(C)C)[C@H](n4ncnc4C4=NCCN4)C5)C3=CC[C@@]2(C)[C@@H]1C(=O)O. The standard InChI is InChI=1S/C42H68N6O4/c1-25(2)26(3)37(7)16-17-39(9)27-12-13-30-38(8)21-51-23-42(30,28(27)14-15-40(39,10)31(37)35(49)50)20-29(32(38)52-22-41(11,43)36(4,5)6)48-34(46-24-47-48)33-44-18-19-45-33/h14,24-27,29-32H,12-13,15-23,43H2,1-11H3,(H,44,45)(H,49,50)/t26-,27+,29-,30+,31-,32+,37-,38-,39-,40+,41+,42+/m1/s1. The number of amidine groups is 1. The van der Waals surface area contributed by atoms with Crippen LogP contribution in [-0.2, 0) is 14.3 Å². The van der Waals surface area contributed by atoms with Gasteiger partial charge in [-0.25, -0.2) is 9.67 Å². The Morgan fingerprint density at radius 3 is 2.48 bits per heavy atom. The minimum Gasteiger partial charge on any atom is -0.481 e. The first-order valence-electron chi connectivity index (χ1n) is 20.3. The van der Waals surface area contributed by atoms with Crippen molar-refractivity contribution in [2.45, 2.75) is 132 Å². The van der Waals surface area contributed by atoms with Crippen LogP contribution in [0.2, 0.25) is 0 Å². The second kappa shape index (κ2) is 12.4. The van der Waals surface area contributed by atoms with Crippen molar-refractivity contribution in [1.82, 2.24) is 20.1 Å². The summed E-state index contributed by atoms with van der Waals surface area (Å²) in [5.74, 6) is 1.88. The maximum Gasteiger partial charge on any atom is 0.307 e. The quantitative estimate of drug-likeness (QED) is 0.247. The predicted molar refractivity (Wildman–Crippen MR) is 204 cm³/mol. The van der Waals surface area contributed by atoms with E-state index in [0.717, 1.165) is 63.3 Å². The van der Waals surface area contributed by atoms with Crippen molar-refractivity contribution in [3.63, 3.8) is 0 Å². The normalized spacial score (nSPS) is 43.3. The zero-order valence-corrected chi connectivity index (χ0v) is 34.0. The number of nitrogens with two attached hydrogens (primary N) is 1. The van der Waals surface area contributed by atoms with Crippen LogP contribution in [-0.4, -0.2) is 76.2 Å². The Kier molecular flexibility index (Phi) is 9.03. The van der Waals surface area contributed by atoms with Gasteiger partial charge in [-0.15, -0.1) is 0 Å². The number of nitrogens with one attached hydrogen (secondary N) is 1. The lowest BCUT2D eigenvalue weighted by molar-refractivity contribution is -0.253. The molecule has 4 N–H and O–H groups in total. The third-order valence-corrected chi connectivity index (χ3v) is 17.1. The van der Waals surface area contributed by atoms with E-state index in [0.29, 0.717) is 37.6 Å².